The number of hydrogen-bond acceptors (Lipinski definition) is 5. The fourth-order valence-corrected chi connectivity index (χ4v) is 5.77. The molecular formula is C25H27FN4O4S. The van der Waals surface area contributed by atoms with Crippen molar-refractivity contribution in [2.24, 2.45) is 11.8 Å². The molecule has 0 spiro atoms. The van der Waals surface area contributed by atoms with Gasteiger partial charge in [0.25, 0.3) is 0 Å². The molecule has 5 rings (SSSR count). The first-order chi connectivity index (χ1) is 16.7. The van der Waals surface area contributed by atoms with Gasteiger partial charge in [-0.2, -0.15) is 0 Å². The Kier molecular flexibility index (Phi) is 5.88. The van der Waals surface area contributed by atoms with E-state index in [-0.39, 0.29) is 23.6 Å². The summed E-state index contributed by atoms with van der Waals surface area (Å²) in [6, 6.07) is 8.32. The molecule has 2 unspecified atom stereocenters. The van der Waals surface area contributed by atoms with Gasteiger partial charge in [-0.15, -0.1) is 0 Å². The van der Waals surface area contributed by atoms with Crippen molar-refractivity contribution in [1.29, 1.82) is 0 Å². The van der Waals surface area contributed by atoms with Crippen LogP contribution < -0.4 is 4.74 Å². The van der Waals surface area contributed by atoms with E-state index in [0.717, 1.165) is 32.9 Å². The van der Waals surface area contributed by atoms with E-state index < -0.39 is 15.8 Å². The summed E-state index contributed by atoms with van der Waals surface area (Å²) < 4.78 is 44.7. The molecule has 0 saturated carbocycles. The molecule has 0 radical (unpaired) electrons. The van der Waals surface area contributed by atoms with E-state index in [1.54, 1.807) is 24.3 Å². The second kappa shape index (κ2) is 8.76. The minimum absolute atomic E-state index is 0.179. The van der Waals surface area contributed by atoms with Gasteiger partial charge in [0.2, 0.25) is 15.9 Å². The van der Waals surface area contributed by atoms with Crippen LogP contribution in [0.5, 0.6) is 5.75 Å². The molecule has 2 aromatic heterocycles. The quantitative estimate of drug-likeness (QED) is 0.564. The molecule has 3 aromatic rings. The maximum absolute atomic E-state index is 14.0. The number of carbonyl (C=O) groups is 1. The second-order valence-electron chi connectivity index (χ2n) is 9.31. The number of ether oxygens (including phenoxy) is 1. The summed E-state index contributed by atoms with van der Waals surface area (Å²) in [5.41, 5.74) is 4.27. The number of H-pyrrole nitrogens is 1. The Balaban J connectivity index is 1.39. The molecule has 1 aromatic carbocycles. The summed E-state index contributed by atoms with van der Waals surface area (Å²) in [5.74, 6) is -0.193. The molecule has 0 bridgehead atoms. The number of halogens is 1. The number of likely N-dealkylation sites (tertiary alicyclic amines) is 1. The largest absolute Gasteiger partial charge is 0.496 e. The monoisotopic (exact) mass is 498 g/mol. The number of methoxy groups -OCH3 is 1. The average molecular weight is 499 g/mol. The van der Waals surface area contributed by atoms with Crippen molar-refractivity contribution >= 4 is 32.5 Å². The molecule has 8 nitrogen and oxygen atoms in total. The number of amides is 1. The molecule has 1 aliphatic carbocycles. The zero-order chi connectivity index (χ0) is 24.9. The van der Waals surface area contributed by atoms with Crippen LogP contribution in [0.1, 0.15) is 12.1 Å². The molecule has 1 aliphatic heterocycles. The maximum Gasteiger partial charge on any atom is 0.239 e. The Labute approximate surface area is 203 Å². The molecule has 1 amide bonds. The highest BCUT2D eigenvalue weighted by Crippen LogP contribution is 2.42. The first-order valence-corrected chi connectivity index (χ1v) is 13.0. The molecule has 2 aliphatic rings. The van der Waals surface area contributed by atoms with E-state index in [2.05, 4.69) is 16.0 Å². The zero-order valence-electron chi connectivity index (χ0n) is 19.8. The molecule has 1 fully saturated rings. The summed E-state index contributed by atoms with van der Waals surface area (Å²) in [4.78, 5) is 22.1. The lowest BCUT2D eigenvalue weighted by molar-refractivity contribution is -0.127. The van der Waals surface area contributed by atoms with Crippen LogP contribution in [0.25, 0.3) is 27.7 Å². The van der Waals surface area contributed by atoms with Gasteiger partial charge in [0.1, 0.15) is 23.0 Å². The number of nitrogens with zero attached hydrogens (tertiary/aromatic N) is 3. The van der Waals surface area contributed by atoms with Gasteiger partial charge in [-0.3, -0.25) is 4.79 Å². The van der Waals surface area contributed by atoms with Gasteiger partial charge in [-0.05, 0) is 59.7 Å². The molecule has 35 heavy (non-hydrogen) atoms. The Morgan fingerprint density at radius 3 is 2.74 bits per heavy atom. The van der Waals surface area contributed by atoms with Crippen LogP contribution in [0.3, 0.4) is 0 Å². The third kappa shape index (κ3) is 4.32. The topological polar surface area (TPSA) is 95.6 Å². The van der Waals surface area contributed by atoms with Crippen LogP contribution in [0.4, 0.5) is 4.39 Å². The van der Waals surface area contributed by atoms with Gasteiger partial charge < -0.3 is 14.6 Å². The number of sulfonamides is 1. The Morgan fingerprint density at radius 1 is 1.23 bits per heavy atom. The predicted octanol–water partition coefficient (Wildman–Crippen LogP) is 3.13. The zero-order valence-corrected chi connectivity index (χ0v) is 20.6. The van der Waals surface area contributed by atoms with E-state index in [1.807, 2.05) is 12.1 Å². The fourth-order valence-electron chi connectivity index (χ4n) is 5.02. The molecule has 2 atom stereocenters. The predicted molar refractivity (Wildman–Crippen MR) is 132 cm³/mol. The molecule has 3 heterocycles. The van der Waals surface area contributed by atoms with Gasteiger partial charge in [-0.1, -0.05) is 6.08 Å². The summed E-state index contributed by atoms with van der Waals surface area (Å²) in [6.07, 6.45) is 4.64. The summed E-state index contributed by atoms with van der Waals surface area (Å²) in [5, 5.41) is 0.870. The molecular weight excluding hydrogens is 471 g/mol. The summed E-state index contributed by atoms with van der Waals surface area (Å²) in [6.45, 7) is 1.05. The lowest BCUT2D eigenvalue weighted by Crippen LogP contribution is -2.38. The second-order valence-corrected chi connectivity index (χ2v) is 11.5. The average Bonchev–Trinajstić information content (AvgIpc) is 3.51. The van der Waals surface area contributed by atoms with Crippen LogP contribution in [0.15, 0.2) is 42.6 Å². The Morgan fingerprint density at radius 2 is 2.03 bits per heavy atom. The van der Waals surface area contributed by atoms with Crippen molar-refractivity contribution in [2.75, 3.05) is 40.0 Å². The van der Waals surface area contributed by atoms with Crippen molar-refractivity contribution in [2.45, 2.75) is 6.42 Å². The number of pyridine rings is 1. The van der Waals surface area contributed by atoms with E-state index in [1.165, 1.54) is 26.2 Å². The third-order valence-corrected chi connectivity index (χ3v) is 8.66. The van der Waals surface area contributed by atoms with Crippen molar-refractivity contribution < 1.29 is 22.3 Å². The van der Waals surface area contributed by atoms with Crippen LogP contribution in [-0.4, -0.2) is 73.5 Å². The van der Waals surface area contributed by atoms with E-state index in [4.69, 9.17) is 4.74 Å². The van der Waals surface area contributed by atoms with E-state index >= 15 is 0 Å². The Hall–Kier alpha value is -3.24. The first-order valence-electron chi connectivity index (χ1n) is 11.4. The summed E-state index contributed by atoms with van der Waals surface area (Å²) in [7, 11) is 0.843. The number of carbonyl (C=O) groups excluding carboxylic acids is 1. The van der Waals surface area contributed by atoms with Crippen molar-refractivity contribution in [3.63, 3.8) is 0 Å². The first kappa shape index (κ1) is 23.5. The highest BCUT2D eigenvalue weighted by Gasteiger charge is 2.39. The number of rotatable bonds is 6. The van der Waals surface area contributed by atoms with E-state index in [9.17, 15) is 17.6 Å². The Bertz CT molecular complexity index is 1450. The summed E-state index contributed by atoms with van der Waals surface area (Å²) >= 11 is 0. The van der Waals surface area contributed by atoms with Crippen molar-refractivity contribution in [3.05, 3.63) is 54.1 Å². The van der Waals surface area contributed by atoms with Gasteiger partial charge in [-0.25, -0.2) is 22.1 Å². The molecule has 184 valence electrons. The third-order valence-electron chi connectivity index (χ3n) is 6.93. The molecule has 10 heteroatoms. The van der Waals surface area contributed by atoms with Gasteiger partial charge in [0.15, 0.2) is 0 Å². The number of aromatic nitrogens is 2. The minimum atomic E-state index is -3.58. The normalized spacial score (nSPS) is 19.9. The molecule has 1 N–H and O–H groups in total. The number of hydrogen-bond donors (Lipinski definition) is 1. The van der Waals surface area contributed by atoms with Gasteiger partial charge in [0, 0.05) is 50.0 Å². The van der Waals surface area contributed by atoms with Crippen molar-refractivity contribution in [1.82, 2.24) is 19.2 Å². The van der Waals surface area contributed by atoms with Crippen LogP contribution in [0, 0.1) is 17.7 Å². The number of fused-ring (bicyclic) bond motifs is 2. The molecule has 1 saturated heterocycles. The SMILES string of the molecule is COc1ccc(F)cc1-c1ccnc2[nH]c(C3=CC4CN(C(=O)CS(=O)(=O)N(C)C)CC4C3)cc12. The standard InChI is InChI=1S/C25H27FN4O4S/c1-29(2)35(32,33)14-24(31)30-12-16-8-15(9-17(16)13-30)22-11-21-19(6-7-27-25(21)28-22)20-10-18(26)4-5-23(20)34-3/h4-8,10-11,16-17H,9,12-14H2,1-3H3,(H,27,28). The smallest absolute Gasteiger partial charge is 0.239 e. The lowest BCUT2D eigenvalue weighted by Gasteiger charge is -2.19. The highest BCUT2D eigenvalue weighted by molar-refractivity contribution is 7.89. The minimum Gasteiger partial charge on any atom is -0.496 e. The van der Waals surface area contributed by atoms with Crippen LogP contribution in [-0.2, 0) is 14.8 Å². The maximum atomic E-state index is 14.0. The highest BCUT2D eigenvalue weighted by atomic mass is 32.2. The number of allylic oxidation sites excluding steroid dienone is 1. The van der Waals surface area contributed by atoms with Crippen LogP contribution in [0.2, 0.25) is 0 Å². The van der Waals surface area contributed by atoms with Crippen molar-refractivity contribution in [3.8, 4) is 16.9 Å². The van der Waals surface area contributed by atoms with E-state index in [0.29, 0.717) is 30.0 Å². The van der Waals surface area contributed by atoms with Crippen LogP contribution >= 0.6 is 0 Å². The number of nitrogens with one attached hydrogen (secondary N) is 1. The fraction of sp³-hybridized carbons (Fsp3) is 0.360. The van der Waals surface area contributed by atoms with Gasteiger partial charge >= 0.3 is 0 Å². The lowest BCUT2D eigenvalue weighted by atomic mass is 9.99. The number of aromatic amines is 1. The number of benzene rings is 1. The van der Waals surface area contributed by atoms with Gasteiger partial charge in [0.05, 0.1) is 7.11 Å².